The zero-order valence-electron chi connectivity index (χ0n) is 15.0. The van der Waals surface area contributed by atoms with Crippen molar-refractivity contribution in [3.63, 3.8) is 0 Å². The first-order valence-electron chi connectivity index (χ1n) is 8.70. The van der Waals surface area contributed by atoms with Gasteiger partial charge in [-0.05, 0) is 36.2 Å². The zero-order valence-corrected chi connectivity index (χ0v) is 15.0. The number of hydrogen-bond donors (Lipinski definition) is 1. The summed E-state index contributed by atoms with van der Waals surface area (Å²) in [7, 11) is 0. The number of carbonyl (C=O) groups is 1. The second-order valence-electron chi connectivity index (χ2n) is 6.39. The first-order valence-corrected chi connectivity index (χ1v) is 8.70. The standard InChI is InChI=1S/C21H18N4O2/c1-3-19-24-18-11-22-12-23-20(18)25(19)17-9-15(8-16(10-17)21(26)27)14-6-4-13(2)5-7-14/h4-12H,3H2,1-2H3,(H,26,27). The average Bonchev–Trinajstić information content (AvgIpc) is 3.07. The molecule has 0 fully saturated rings. The summed E-state index contributed by atoms with van der Waals surface area (Å²) in [5, 5.41) is 9.61. The molecule has 0 amide bonds. The predicted molar refractivity (Wildman–Crippen MR) is 103 cm³/mol. The molecule has 0 aliphatic heterocycles. The molecule has 0 spiro atoms. The van der Waals surface area contributed by atoms with Gasteiger partial charge in [0.15, 0.2) is 5.65 Å². The third kappa shape index (κ3) is 3.06. The van der Waals surface area contributed by atoms with Gasteiger partial charge in [-0.15, -0.1) is 0 Å². The molecule has 0 aliphatic carbocycles. The maximum absolute atomic E-state index is 11.7. The molecule has 2 aromatic carbocycles. The number of aromatic nitrogens is 4. The van der Waals surface area contributed by atoms with E-state index in [1.54, 1.807) is 18.3 Å². The van der Waals surface area contributed by atoms with Crippen molar-refractivity contribution in [2.75, 3.05) is 0 Å². The van der Waals surface area contributed by atoms with Crippen LogP contribution in [0.2, 0.25) is 0 Å². The SMILES string of the molecule is CCc1nc2cncnc2n1-c1cc(C(=O)O)cc(-c2ccc(C)cc2)c1. The van der Waals surface area contributed by atoms with E-state index in [2.05, 4.69) is 15.0 Å². The molecule has 4 aromatic rings. The van der Waals surface area contributed by atoms with E-state index in [1.165, 1.54) is 6.33 Å². The Morgan fingerprint density at radius 3 is 2.59 bits per heavy atom. The number of aromatic carboxylic acids is 1. The Bertz CT molecular complexity index is 1150. The first kappa shape index (κ1) is 16.9. The molecule has 4 rings (SSSR count). The Morgan fingerprint density at radius 1 is 1.11 bits per heavy atom. The van der Waals surface area contributed by atoms with Gasteiger partial charge in [0.1, 0.15) is 17.7 Å². The van der Waals surface area contributed by atoms with Crippen LogP contribution in [-0.4, -0.2) is 30.6 Å². The van der Waals surface area contributed by atoms with Crippen LogP contribution in [0.4, 0.5) is 0 Å². The largest absolute Gasteiger partial charge is 0.478 e. The van der Waals surface area contributed by atoms with E-state index >= 15 is 0 Å². The minimum Gasteiger partial charge on any atom is -0.478 e. The number of nitrogens with zero attached hydrogens (tertiary/aromatic N) is 4. The summed E-state index contributed by atoms with van der Waals surface area (Å²) in [4.78, 5) is 24.7. The normalized spacial score (nSPS) is 11.0. The fourth-order valence-electron chi connectivity index (χ4n) is 3.16. The monoisotopic (exact) mass is 358 g/mol. The lowest BCUT2D eigenvalue weighted by atomic mass is 10.0. The molecule has 0 bridgehead atoms. The molecule has 6 heteroatoms. The minimum absolute atomic E-state index is 0.223. The van der Waals surface area contributed by atoms with Crippen LogP contribution < -0.4 is 0 Å². The van der Waals surface area contributed by atoms with Gasteiger partial charge in [0.2, 0.25) is 0 Å². The number of fused-ring (bicyclic) bond motifs is 1. The van der Waals surface area contributed by atoms with Gasteiger partial charge in [-0.3, -0.25) is 4.57 Å². The molecule has 2 heterocycles. The fourth-order valence-corrected chi connectivity index (χ4v) is 3.16. The molecule has 0 radical (unpaired) electrons. The second-order valence-corrected chi connectivity index (χ2v) is 6.39. The maximum atomic E-state index is 11.7. The van der Waals surface area contributed by atoms with Crippen LogP contribution in [0.3, 0.4) is 0 Å². The van der Waals surface area contributed by atoms with Crippen molar-refractivity contribution in [1.82, 2.24) is 19.5 Å². The minimum atomic E-state index is -0.970. The van der Waals surface area contributed by atoms with E-state index in [0.717, 1.165) is 28.2 Å². The third-order valence-electron chi connectivity index (χ3n) is 4.52. The summed E-state index contributed by atoms with van der Waals surface area (Å²) >= 11 is 0. The van der Waals surface area contributed by atoms with Gasteiger partial charge in [-0.1, -0.05) is 36.8 Å². The van der Waals surface area contributed by atoms with E-state index in [1.807, 2.05) is 48.7 Å². The molecule has 6 nitrogen and oxygen atoms in total. The second kappa shape index (κ2) is 6.64. The van der Waals surface area contributed by atoms with E-state index in [-0.39, 0.29) is 5.56 Å². The summed E-state index contributed by atoms with van der Waals surface area (Å²) < 4.78 is 1.90. The molecule has 0 saturated heterocycles. The van der Waals surface area contributed by atoms with Crippen molar-refractivity contribution in [3.05, 3.63) is 71.9 Å². The molecule has 1 N–H and O–H groups in total. The van der Waals surface area contributed by atoms with Crippen molar-refractivity contribution in [2.45, 2.75) is 20.3 Å². The Morgan fingerprint density at radius 2 is 1.89 bits per heavy atom. The van der Waals surface area contributed by atoms with Crippen molar-refractivity contribution < 1.29 is 9.90 Å². The Labute approximate surface area is 156 Å². The van der Waals surface area contributed by atoms with Crippen LogP contribution in [0, 0.1) is 6.92 Å². The topological polar surface area (TPSA) is 80.9 Å². The van der Waals surface area contributed by atoms with Gasteiger partial charge in [-0.2, -0.15) is 0 Å². The number of rotatable bonds is 4. The lowest BCUT2D eigenvalue weighted by Crippen LogP contribution is -2.05. The van der Waals surface area contributed by atoms with E-state index < -0.39 is 5.97 Å². The summed E-state index contributed by atoms with van der Waals surface area (Å²) in [6, 6.07) is 13.3. The molecule has 134 valence electrons. The summed E-state index contributed by atoms with van der Waals surface area (Å²) in [6.45, 7) is 4.03. The zero-order chi connectivity index (χ0) is 19.0. The third-order valence-corrected chi connectivity index (χ3v) is 4.52. The Hall–Kier alpha value is -3.54. The van der Waals surface area contributed by atoms with Gasteiger partial charge in [0.05, 0.1) is 17.4 Å². The lowest BCUT2D eigenvalue weighted by molar-refractivity contribution is 0.0697. The van der Waals surface area contributed by atoms with Gasteiger partial charge < -0.3 is 5.11 Å². The van der Waals surface area contributed by atoms with Crippen LogP contribution in [0.15, 0.2) is 55.0 Å². The number of aryl methyl sites for hydroxylation is 2. The molecule has 0 aliphatic rings. The van der Waals surface area contributed by atoms with Gasteiger partial charge >= 0.3 is 5.97 Å². The summed E-state index contributed by atoms with van der Waals surface area (Å²) in [6.07, 6.45) is 3.83. The number of imidazole rings is 1. The highest BCUT2D eigenvalue weighted by atomic mass is 16.4. The van der Waals surface area contributed by atoms with E-state index in [0.29, 0.717) is 17.6 Å². The summed E-state index contributed by atoms with van der Waals surface area (Å²) in [5.74, 6) is -0.162. The van der Waals surface area contributed by atoms with E-state index in [9.17, 15) is 9.90 Å². The molecule has 27 heavy (non-hydrogen) atoms. The number of carboxylic acids is 1. The number of carboxylic acid groups (broad SMARTS) is 1. The number of hydrogen-bond acceptors (Lipinski definition) is 4. The van der Waals surface area contributed by atoms with Crippen LogP contribution >= 0.6 is 0 Å². The quantitative estimate of drug-likeness (QED) is 0.595. The van der Waals surface area contributed by atoms with Crippen LogP contribution in [0.5, 0.6) is 0 Å². The van der Waals surface area contributed by atoms with Crippen LogP contribution in [0.25, 0.3) is 28.0 Å². The Kier molecular flexibility index (Phi) is 4.16. The van der Waals surface area contributed by atoms with Gasteiger partial charge in [0, 0.05) is 6.42 Å². The highest BCUT2D eigenvalue weighted by Crippen LogP contribution is 2.27. The van der Waals surface area contributed by atoms with Crippen LogP contribution in [-0.2, 0) is 6.42 Å². The molecule has 2 aromatic heterocycles. The molecule has 0 saturated carbocycles. The highest BCUT2D eigenvalue weighted by molar-refractivity contribution is 5.91. The molecule has 0 atom stereocenters. The average molecular weight is 358 g/mol. The Balaban J connectivity index is 1.98. The maximum Gasteiger partial charge on any atom is 0.335 e. The number of benzene rings is 2. The van der Waals surface area contributed by atoms with Crippen molar-refractivity contribution >= 4 is 17.1 Å². The van der Waals surface area contributed by atoms with Gasteiger partial charge in [-0.25, -0.2) is 19.7 Å². The van der Waals surface area contributed by atoms with Crippen molar-refractivity contribution in [2.24, 2.45) is 0 Å². The fraction of sp³-hybridized carbons (Fsp3) is 0.143. The van der Waals surface area contributed by atoms with E-state index in [4.69, 9.17) is 0 Å². The summed E-state index contributed by atoms with van der Waals surface area (Å²) in [5.41, 5.74) is 5.25. The molecular weight excluding hydrogens is 340 g/mol. The smallest absolute Gasteiger partial charge is 0.335 e. The lowest BCUT2D eigenvalue weighted by Gasteiger charge is -2.12. The van der Waals surface area contributed by atoms with Crippen LogP contribution in [0.1, 0.15) is 28.7 Å². The highest BCUT2D eigenvalue weighted by Gasteiger charge is 2.16. The van der Waals surface area contributed by atoms with Crippen molar-refractivity contribution in [3.8, 4) is 16.8 Å². The van der Waals surface area contributed by atoms with Crippen molar-refractivity contribution in [1.29, 1.82) is 0 Å². The van der Waals surface area contributed by atoms with Gasteiger partial charge in [0.25, 0.3) is 0 Å². The predicted octanol–water partition coefficient (Wildman–Crippen LogP) is 4.05. The first-order chi connectivity index (χ1) is 13.1. The molecular formula is C21H18N4O2. The molecule has 0 unspecified atom stereocenters.